The summed E-state index contributed by atoms with van der Waals surface area (Å²) in [5.74, 6) is -0.854. The lowest BCUT2D eigenvalue weighted by molar-refractivity contribution is -0.870. The van der Waals surface area contributed by atoms with Crippen molar-refractivity contribution in [2.75, 3.05) is 47.5 Å². The Kier molecular flexibility index (Phi) is 54.4. The largest absolute Gasteiger partial charge is 0.756 e. The lowest BCUT2D eigenvalue weighted by Gasteiger charge is -2.28. The highest BCUT2D eigenvalue weighted by Gasteiger charge is 2.22. The predicted molar refractivity (Wildman–Crippen MR) is 328 cm³/mol. The topological polar surface area (TPSA) is 111 Å². The molecule has 9 nitrogen and oxygen atoms in total. The van der Waals surface area contributed by atoms with Gasteiger partial charge in [0.15, 0.2) is 6.10 Å². The van der Waals surface area contributed by atoms with Crippen molar-refractivity contribution in [2.45, 2.75) is 245 Å². The molecule has 0 spiro atoms. The summed E-state index contributed by atoms with van der Waals surface area (Å²) in [6.07, 6.45) is 81.2. The molecule has 77 heavy (non-hydrogen) atoms. The number of allylic oxidation sites excluding steroid dienone is 20. The van der Waals surface area contributed by atoms with Gasteiger partial charge in [-0.3, -0.25) is 14.2 Å². The monoisotopic (exact) mass is 1090 g/mol. The Balaban J connectivity index is 4.04. The minimum atomic E-state index is -4.64. The molecule has 0 rings (SSSR count). The summed E-state index contributed by atoms with van der Waals surface area (Å²) in [4.78, 5) is 37.8. The van der Waals surface area contributed by atoms with Gasteiger partial charge in [0, 0.05) is 12.8 Å². The molecule has 0 amide bonds. The van der Waals surface area contributed by atoms with E-state index >= 15 is 0 Å². The first-order valence-corrected chi connectivity index (χ1v) is 32.2. The second kappa shape index (κ2) is 57.1. The van der Waals surface area contributed by atoms with Crippen LogP contribution in [-0.2, 0) is 32.7 Å². The Hall–Kier alpha value is -3.59. The van der Waals surface area contributed by atoms with E-state index in [9.17, 15) is 19.0 Å². The van der Waals surface area contributed by atoms with Crippen LogP contribution < -0.4 is 4.89 Å². The standard InChI is InChI=1S/C67H114NO8P/c1-6-8-10-12-14-16-18-20-22-23-24-25-26-27-28-29-30-31-32-33-34-35-36-37-38-39-40-41-42-43-44-45-46-48-50-52-54-56-58-60-67(70)76-65(64-75-77(71,72)74-62-61-68(3,4)5)63-73-66(69)59-57-55-53-51-49-47-21-19-17-15-13-11-9-7-2/h8,10,13-16,19-22,24-25,27-28,30-31,33-34,36-37,65H,6-7,9,11-12,17-18,23,26,29,32,35,38-64H2,1-5H3/b10-8-,15-13-,16-14-,21-19-,22-20-,25-24-,28-27-,31-30-,34-33-,37-36-. The molecular weight excluding hydrogens is 978 g/mol. The fourth-order valence-electron chi connectivity index (χ4n) is 7.98. The van der Waals surface area contributed by atoms with Crippen molar-refractivity contribution >= 4 is 19.8 Å². The van der Waals surface area contributed by atoms with Crippen LogP contribution in [0.2, 0.25) is 0 Å². The zero-order valence-electron chi connectivity index (χ0n) is 49.9. The molecule has 0 aromatic heterocycles. The van der Waals surface area contributed by atoms with Crippen LogP contribution in [0.25, 0.3) is 0 Å². The van der Waals surface area contributed by atoms with E-state index in [0.29, 0.717) is 23.9 Å². The molecule has 0 aromatic rings. The van der Waals surface area contributed by atoms with Crippen molar-refractivity contribution in [3.63, 3.8) is 0 Å². The molecule has 0 aliphatic carbocycles. The van der Waals surface area contributed by atoms with Gasteiger partial charge in [-0.15, -0.1) is 0 Å². The van der Waals surface area contributed by atoms with Crippen LogP contribution in [0.5, 0.6) is 0 Å². The van der Waals surface area contributed by atoms with Gasteiger partial charge in [-0.1, -0.05) is 245 Å². The molecular formula is C67H114NO8P. The maximum Gasteiger partial charge on any atom is 0.306 e. The van der Waals surface area contributed by atoms with E-state index in [-0.39, 0.29) is 26.1 Å². The number of likely N-dealkylation sites (N-methyl/N-ethyl adjacent to an activating group) is 1. The highest BCUT2D eigenvalue weighted by Crippen LogP contribution is 2.38. The third-order valence-electron chi connectivity index (χ3n) is 12.7. The van der Waals surface area contributed by atoms with Crippen LogP contribution in [0.3, 0.4) is 0 Å². The molecule has 0 saturated carbocycles. The maximum atomic E-state index is 12.8. The van der Waals surface area contributed by atoms with Crippen LogP contribution in [0, 0.1) is 0 Å². The molecule has 2 unspecified atom stereocenters. The summed E-state index contributed by atoms with van der Waals surface area (Å²) in [5.41, 5.74) is 0. The number of hydrogen-bond acceptors (Lipinski definition) is 8. The number of esters is 2. The van der Waals surface area contributed by atoms with E-state index in [4.69, 9.17) is 18.5 Å². The molecule has 0 aliphatic heterocycles. The summed E-state index contributed by atoms with van der Waals surface area (Å²) in [5, 5.41) is 0. The predicted octanol–water partition coefficient (Wildman–Crippen LogP) is 18.9. The van der Waals surface area contributed by atoms with Gasteiger partial charge < -0.3 is 27.9 Å². The maximum absolute atomic E-state index is 12.8. The molecule has 440 valence electrons. The van der Waals surface area contributed by atoms with Gasteiger partial charge in [0.1, 0.15) is 19.8 Å². The Morgan fingerprint density at radius 2 is 0.740 bits per heavy atom. The Morgan fingerprint density at radius 3 is 1.10 bits per heavy atom. The molecule has 0 N–H and O–H groups in total. The number of phosphoric acid groups is 1. The summed E-state index contributed by atoms with van der Waals surface area (Å²) >= 11 is 0. The van der Waals surface area contributed by atoms with E-state index in [1.165, 1.54) is 83.5 Å². The quantitative estimate of drug-likeness (QED) is 0.0195. The van der Waals surface area contributed by atoms with E-state index in [2.05, 4.69) is 135 Å². The fraction of sp³-hybridized carbons (Fsp3) is 0.672. The van der Waals surface area contributed by atoms with Crippen molar-refractivity contribution < 1.29 is 42.1 Å². The fourth-order valence-corrected chi connectivity index (χ4v) is 8.71. The van der Waals surface area contributed by atoms with Crippen LogP contribution in [0.1, 0.15) is 239 Å². The molecule has 0 bridgehead atoms. The first kappa shape index (κ1) is 73.4. The SMILES string of the molecule is CC/C=C\C/C=C\C/C=C\C/C=C\C/C=C\C/C=C\C/C=C\C/C=C\CCCCCCCCCCCCCCCCC(=O)OC(COC(=O)CCCCCCC/C=C\C/C=C\CCCC)COP(=O)([O-])OCC[N+](C)(C)C. The minimum absolute atomic E-state index is 0.0377. The summed E-state index contributed by atoms with van der Waals surface area (Å²) in [7, 11) is 1.15. The van der Waals surface area contributed by atoms with Crippen molar-refractivity contribution in [1.29, 1.82) is 0 Å². The van der Waals surface area contributed by atoms with Crippen LogP contribution >= 0.6 is 7.82 Å². The van der Waals surface area contributed by atoms with Gasteiger partial charge in [0.2, 0.25) is 0 Å². The number of unbranched alkanes of at least 4 members (excludes halogenated alkanes) is 21. The van der Waals surface area contributed by atoms with Crippen LogP contribution in [0.4, 0.5) is 0 Å². The third-order valence-corrected chi connectivity index (χ3v) is 13.7. The van der Waals surface area contributed by atoms with Gasteiger partial charge in [0.05, 0.1) is 27.7 Å². The average molecular weight is 1090 g/mol. The van der Waals surface area contributed by atoms with Crippen molar-refractivity contribution in [2.24, 2.45) is 0 Å². The summed E-state index contributed by atoms with van der Waals surface area (Å²) < 4.78 is 34.1. The molecule has 0 radical (unpaired) electrons. The molecule has 10 heteroatoms. The number of hydrogen-bond donors (Lipinski definition) is 0. The van der Waals surface area contributed by atoms with Crippen LogP contribution in [-0.4, -0.2) is 70.0 Å². The Bertz CT molecular complexity index is 1710. The van der Waals surface area contributed by atoms with E-state index in [1.54, 1.807) is 0 Å². The van der Waals surface area contributed by atoms with Crippen LogP contribution in [0.15, 0.2) is 122 Å². The van der Waals surface area contributed by atoms with Gasteiger partial charge >= 0.3 is 11.9 Å². The normalized spacial score (nSPS) is 14.1. The first-order valence-electron chi connectivity index (χ1n) is 30.7. The van der Waals surface area contributed by atoms with Gasteiger partial charge in [-0.25, -0.2) is 0 Å². The average Bonchev–Trinajstić information content (AvgIpc) is 3.39. The lowest BCUT2D eigenvalue weighted by Crippen LogP contribution is -2.37. The molecule has 0 saturated heterocycles. The zero-order valence-corrected chi connectivity index (χ0v) is 50.8. The number of carbonyl (C=O) groups excluding carboxylic acids is 2. The number of phosphoric ester groups is 1. The molecule has 0 fully saturated rings. The van der Waals surface area contributed by atoms with Crippen molar-refractivity contribution in [1.82, 2.24) is 0 Å². The molecule has 2 atom stereocenters. The molecule has 0 aromatic carbocycles. The van der Waals surface area contributed by atoms with Gasteiger partial charge in [0.25, 0.3) is 7.82 Å². The molecule has 0 heterocycles. The smallest absolute Gasteiger partial charge is 0.306 e. The number of quaternary nitrogens is 1. The third kappa shape index (κ3) is 61.5. The minimum Gasteiger partial charge on any atom is -0.756 e. The Morgan fingerprint density at radius 1 is 0.416 bits per heavy atom. The highest BCUT2D eigenvalue weighted by atomic mass is 31.2. The highest BCUT2D eigenvalue weighted by molar-refractivity contribution is 7.45. The number of ether oxygens (including phenoxy) is 2. The van der Waals surface area contributed by atoms with E-state index in [1.807, 2.05) is 21.1 Å². The Labute approximate surface area is 473 Å². The summed E-state index contributed by atoms with van der Waals surface area (Å²) in [6.45, 7) is 4.06. The second-order valence-electron chi connectivity index (χ2n) is 21.3. The number of nitrogens with zero attached hydrogens (tertiary/aromatic N) is 1. The van der Waals surface area contributed by atoms with E-state index in [0.717, 1.165) is 116 Å². The van der Waals surface area contributed by atoms with Crippen molar-refractivity contribution in [3.8, 4) is 0 Å². The summed E-state index contributed by atoms with van der Waals surface area (Å²) in [6, 6.07) is 0. The van der Waals surface area contributed by atoms with E-state index < -0.39 is 32.5 Å². The number of carbonyl (C=O) groups is 2. The van der Waals surface area contributed by atoms with Crippen molar-refractivity contribution in [3.05, 3.63) is 122 Å². The lowest BCUT2D eigenvalue weighted by atomic mass is 10.0. The van der Waals surface area contributed by atoms with Gasteiger partial charge in [-0.2, -0.15) is 0 Å². The van der Waals surface area contributed by atoms with Gasteiger partial charge in [-0.05, 0) is 103 Å². The zero-order chi connectivity index (χ0) is 56.3. The second-order valence-corrected chi connectivity index (χ2v) is 22.7. The first-order chi connectivity index (χ1) is 37.5. The molecule has 0 aliphatic rings. The number of rotatable bonds is 55.